The number of nitrogens with one attached hydrogen (secondary N) is 1. The number of hydrogen-bond donors (Lipinski definition) is 1. The van der Waals surface area contributed by atoms with E-state index in [-0.39, 0.29) is 22.9 Å². The largest absolute Gasteiger partial charge is 0.441 e. The highest BCUT2D eigenvalue weighted by Gasteiger charge is 2.38. The van der Waals surface area contributed by atoms with Gasteiger partial charge in [0, 0.05) is 24.3 Å². The molecule has 2 rings (SSSR count). The van der Waals surface area contributed by atoms with Crippen LogP contribution in [0.5, 0.6) is 0 Å². The first-order valence-electron chi connectivity index (χ1n) is 5.95. The van der Waals surface area contributed by atoms with Gasteiger partial charge in [0.2, 0.25) is 0 Å². The van der Waals surface area contributed by atoms with Gasteiger partial charge in [-0.3, -0.25) is 0 Å². The first kappa shape index (κ1) is 13.7. The Morgan fingerprint density at radius 1 is 1.17 bits per heavy atom. The lowest BCUT2D eigenvalue weighted by Gasteiger charge is -2.43. The van der Waals surface area contributed by atoms with E-state index in [0.29, 0.717) is 6.42 Å². The van der Waals surface area contributed by atoms with Crippen molar-refractivity contribution in [3.8, 4) is 0 Å². The Morgan fingerprint density at radius 3 is 2.33 bits per heavy atom. The van der Waals surface area contributed by atoms with Gasteiger partial charge < -0.3 is 5.32 Å². The van der Waals surface area contributed by atoms with Crippen molar-refractivity contribution < 1.29 is 13.2 Å². The van der Waals surface area contributed by atoms with Crippen LogP contribution in [0.2, 0.25) is 0 Å². The molecule has 1 N–H and O–H groups in total. The van der Waals surface area contributed by atoms with Crippen LogP contribution in [-0.4, -0.2) is 24.4 Å². The van der Waals surface area contributed by atoms with Gasteiger partial charge in [-0.05, 0) is 18.4 Å². The maximum atomic E-state index is 12.1. The van der Waals surface area contributed by atoms with Crippen molar-refractivity contribution in [2.45, 2.75) is 18.3 Å². The quantitative estimate of drug-likeness (QED) is 0.883. The second kappa shape index (κ2) is 5.53. The lowest BCUT2D eigenvalue weighted by atomic mass is 9.74. The van der Waals surface area contributed by atoms with Gasteiger partial charge >= 0.3 is 5.51 Å². The Balaban J connectivity index is 1.87. The number of rotatable bonds is 5. The normalized spacial score (nSPS) is 18.4. The summed E-state index contributed by atoms with van der Waals surface area (Å²) in [5.41, 5.74) is -2.89. The Kier molecular flexibility index (Phi) is 4.22. The van der Waals surface area contributed by atoms with Gasteiger partial charge in [-0.2, -0.15) is 13.2 Å². The fourth-order valence-electron chi connectivity index (χ4n) is 2.28. The summed E-state index contributed by atoms with van der Waals surface area (Å²) in [5.74, 6) is 0.151. The van der Waals surface area contributed by atoms with Crippen molar-refractivity contribution in [2.24, 2.45) is 5.41 Å². The monoisotopic (exact) mass is 275 g/mol. The minimum absolute atomic E-state index is 0.0135. The zero-order valence-corrected chi connectivity index (χ0v) is 10.8. The lowest BCUT2D eigenvalue weighted by Crippen LogP contribution is -2.55. The molecule has 1 aliphatic rings. The smallest absolute Gasteiger partial charge is 0.316 e. The molecule has 1 aliphatic heterocycles. The minimum atomic E-state index is -4.11. The highest BCUT2D eigenvalue weighted by Crippen LogP contribution is 2.37. The molecule has 1 nitrogen and oxygen atoms in total. The molecule has 0 amide bonds. The second-order valence-electron chi connectivity index (χ2n) is 4.81. The van der Waals surface area contributed by atoms with Gasteiger partial charge in [-0.1, -0.05) is 42.1 Å². The molecule has 0 radical (unpaired) electrons. The second-order valence-corrected chi connectivity index (χ2v) is 5.97. The van der Waals surface area contributed by atoms with E-state index in [9.17, 15) is 13.2 Å². The molecule has 0 aromatic heterocycles. The van der Waals surface area contributed by atoms with E-state index >= 15 is 0 Å². The molecule has 0 spiro atoms. The van der Waals surface area contributed by atoms with Gasteiger partial charge in [0.1, 0.15) is 0 Å². The maximum absolute atomic E-state index is 12.1. The van der Waals surface area contributed by atoms with Gasteiger partial charge in [0.05, 0.1) is 0 Å². The Morgan fingerprint density at radius 2 is 1.83 bits per heavy atom. The summed E-state index contributed by atoms with van der Waals surface area (Å²) in [6, 6.07) is 9.97. The Labute approximate surface area is 109 Å². The molecular formula is C13H16F3NS. The van der Waals surface area contributed by atoms with Crippen molar-refractivity contribution in [1.82, 2.24) is 5.32 Å². The summed E-state index contributed by atoms with van der Waals surface area (Å²) < 4.78 is 36.4. The summed E-state index contributed by atoms with van der Waals surface area (Å²) in [5, 5.41) is 3.18. The molecule has 0 bridgehead atoms. The van der Waals surface area contributed by atoms with E-state index < -0.39 is 5.51 Å². The van der Waals surface area contributed by atoms with Crippen LogP contribution < -0.4 is 5.32 Å². The predicted molar refractivity (Wildman–Crippen MR) is 68.6 cm³/mol. The van der Waals surface area contributed by atoms with Crippen molar-refractivity contribution >= 4 is 11.8 Å². The Bertz CT molecular complexity index is 374. The van der Waals surface area contributed by atoms with Crippen molar-refractivity contribution in [3.63, 3.8) is 0 Å². The number of thioether (sulfide) groups is 1. The molecule has 1 aromatic carbocycles. The molecular weight excluding hydrogens is 259 g/mol. The fourth-order valence-corrected chi connectivity index (χ4v) is 3.05. The van der Waals surface area contributed by atoms with E-state index in [1.54, 1.807) is 0 Å². The molecule has 1 aromatic rings. The van der Waals surface area contributed by atoms with E-state index in [1.807, 2.05) is 30.3 Å². The standard InChI is InChI=1S/C13H16F3NS/c14-13(15,16)18-7-6-12(9-17-10-12)8-11-4-2-1-3-5-11/h1-5,17H,6-10H2. The third-order valence-electron chi connectivity index (χ3n) is 3.32. The molecule has 0 saturated carbocycles. The topological polar surface area (TPSA) is 12.0 Å². The third-order valence-corrected chi connectivity index (χ3v) is 4.06. The van der Waals surface area contributed by atoms with Crippen LogP contribution in [0.4, 0.5) is 13.2 Å². The van der Waals surface area contributed by atoms with Gasteiger partial charge in [0.15, 0.2) is 0 Å². The number of halogens is 3. The molecule has 1 fully saturated rings. The molecule has 0 atom stereocenters. The van der Waals surface area contributed by atoms with Crippen LogP contribution in [0.1, 0.15) is 12.0 Å². The highest BCUT2D eigenvalue weighted by atomic mass is 32.2. The van der Waals surface area contributed by atoms with Crippen molar-refractivity contribution in [2.75, 3.05) is 18.8 Å². The molecule has 0 aliphatic carbocycles. The molecule has 100 valence electrons. The summed E-state index contributed by atoms with van der Waals surface area (Å²) in [4.78, 5) is 0. The zero-order chi connectivity index (χ0) is 13.1. The molecule has 0 unspecified atom stereocenters. The molecule has 1 heterocycles. The van der Waals surface area contributed by atoms with Crippen LogP contribution in [0.3, 0.4) is 0 Å². The van der Waals surface area contributed by atoms with E-state index in [0.717, 1.165) is 19.5 Å². The lowest BCUT2D eigenvalue weighted by molar-refractivity contribution is -0.0330. The van der Waals surface area contributed by atoms with Crippen LogP contribution >= 0.6 is 11.8 Å². The molecule has 5 heteroatoms. The van der Waals surface area contributed by atoms with Crippen LogP contribution in [0, 0.1) is 5.41 Å². The van der Waals surface area contributed by atoms with Crippen molar-refractivity contribution in [1.29, 1.82) is 0 Å². The SMILES string of the molecule is FC(F)(F)SCCC1(Cc2ccccc2)CNC1. The summed E-state index contributed by atoms with van der Waals surface area (Å²) >= 11 is 0.0925. The predicted octanol–water partition coefficient (Wildman–Crippen LogP) is 3.46. The first-order valence-corrected chi connectivity index (χ1v) is 6.93. The van der Waals surface area contributed by atoms with Crippen molar-refractivity contribution in [3.05, 3.63) is 35.9 Å². The van der Waals surface area contributed by atoms with Crippen LogP contribution in [-0.2, 0) is 6.42 Å². The molecule has 1 saturated heterocycles. The average Bonchev–Trinajstić information content (AvgIpc) is 2.25. The van der Waals surface area contributed by atoms with Crippen LogP contribution in [0.15, 0.2) is 30.3 Å². The maximum Gasteiger partial charge on any atom is 0.441 e. The fraction of sp³-hybridized carbons (Fsp3) is 0.538. The summed E-state index contributed by atoms with van der Waals surface area (Å²) in [6.07, 6.45) is 1.47. The van der Waals surface area contributed by atoms with E-state index in [4.69, 9.17) is 0 Å². The van der Waals surface area contributed by atoms with Gasteiger partial charge in [0.25, 0.3) is 0 Å². The summed E-state index contributed by atoms with van der Waals surface area (Å²) in [6.45, 7) is 1.64. The minimum Gasteiger partial charge on any atom is -0.316 e. The third kappa shape index (κ3) is 3.92. The number of alkyl halides is 3. The van der Waals surface area contributed by atoms with E-state index in [2.05, 4.69) is 5.32 Å². The first-order chi connectivity index (χ1) is 8.49. The average molecular weight is 275 g/mol. The highest BCUT2D eigenvalue weighted by molar-refractivity contribution is 8.00. The summed E-state index contributed by atoms with van der Waals surface area (Å²) in [7, 11) is 0. The van der Waals surface area contributed by atoms with Gasteiger partial charge in [-0.15, -0.1) is 0 Å². The number of hydrogen-bond acceptors (Lipinski definition) is 2. The van der Waals surface area contributed by atoms with Crippen LogP contribution in [0.25, 0.3) is 0 Å². The zero-order valence-electron chi connectivity index (χ0n) is 9.96. The Hall–Kier alpha value is -0.680. The van der Waals surface area contributed by atoms with Gasteiger partial charge in [-0.25, -0.2) is 0 Å². The molecule has 18 heavy (non-hydrogen) atoms. The van der Waals surface area contributed by atoms with E-state index in [1.165, 1.54) is 5.56 Å². The number of benzene rings is 1.